The van der Waals surface area contributed by atoms with E-state index in [2.05, 4.69) is 42.0 Å². The predicted molar refractivity (Wildman–Crippen MR) is 83.2 cm³/mol. The van der Waals surface area contributed by atoms with Gasteiger partial charge in [-0.3, -0.25) is 0 Å². The zero-order chi connectivity index (χ0) is 14.4. The second kappa shape index (κ2) is 7.60. The molecule has 1 aliphatic heterocycles. The highest BCUT2D eigenvalue weighted by atomic mass is 16.5. The van der Waals surface area contributed by atoms with Gasteiger partial charge in [0.05, 0.1) is 6.10 Å². The minimum absolute atomic E-state index is 0.435. The third-order valence-electron chi connectivity index (χ3n) is 3.83. The number of ether oxygens (including phenoxy) is 1. The molecular formula is C16H27N3O. The van der Waals surface area contributed by atoms with Crippen LogP contribution in [-0.4, -0.2) is 37.3 Å². The molecule has 0 aromatic carbocycles. The third-order valence-corrected chi connectivity index (χ3v) is 3.83. The topological polar surface area (TPSA) is 37.4 Å². The van der Waals surface area contributed by atoms with Crippen LogP contribution in [0, 0.1) is 6.92 Å². The molecule has 20 heavy (non-hydrogen) atoms. The van der Waals surface area contributed by atoms with Crippen LogP contribution in [-0.2, 0) is 11.3 Å². The molecule has 0 amide bonds. The van der Waals surface area contributed by atoms with Crippen LogP contribution in [0.25, 0.3) is 0 Å². The van der Waals surface area contributed by atoms with Gasteiger partial charge in [-0.2, -0.15) is 0 Å². The SMILES string of the molecule is CCNCc1cnc(N2CCC(OCC)CC2)c(C)c1. The van der Waals surface area contributed by atoms with Crippen LogP contribution in [0.5, 0.6) is 0 Å². The van der Waals surface area contributed by atoms with Crippen molar-refractivity contribution in [2.45, 2.75) is 46.3 Å². The monoisotopic (exact) mass is 277 g/mol. The van der Waals surface area contributed by atoms with Crippen LogP contribution >= 0.6 is 0 Å². The summed E-state index contributed by atoms with van der Waals surface area (Å²) in [5.74, 6) is 1.14. The number of hydrogen-bond acceptors (Lipinski definition) is 4. The maximum atomic E-state index is 5.71. The lowest BCUT2D eigenvalue weighted by Crippen LogP contribution is -2.38. The van der Waals surface area contributed by atoms with Crippen molar-refractivity contribution < 1.29 is 4.74 Å². The number of piperidine rings is 1. The van der Waals surface area contributed by atoms with Gasteiger partial charge in [0, 0.05) is 32.4 Å². The summed E-state index contributed by atoms with van der Waals surface area (Å²) >= 11 is 0. The zero-order valence-electron chi connectivity index (χ0n) is 13.0. The van der Waals surface area contributed by atoms with Crippen molar-refractivity contribution in [2.75, 3.05) is 31.1 Å². The van der Waals surface area contributed by atoms with E-state index >= 15 is 0 Å². The molecule has 0 spiro atoms. The number of anilines is 1. The van der Waals surface area contributed by atoms with Gasteiger partial charge < -0.3 is 15.0 Å². The molecule has 1 saturated heterocycles. The van der Waals surface area contributed by atoms with Crippen LogP contribution in [0.1, 0.15) is 37.8 Å². The fourth-order valence-electron chi connectivity index (χ4n) is 2.79. The van der Waals surface area contributed by atoms with Gasteiger partial charge in [-0.25, -0.2) is 4.98 Å². The number of aryl methyl sites for hydroxylation is 1. The lowest BCUT2D eigenvalue weighted by atomic mass is 10.1. The average molecular weight is 277 g/mol. The van der Waals surface area contributed by atoms with Crippen LogP contribution in [0.15, 0.2) is 12.3 Å². The summed E-state index contributed by atoms with van der Waals surface area (Å²) < 4.78 is 5.71. The van der Waals surface area contributed by atoms with Crippen molar-refractivity contribution in [3.63, 3.8) is 0 Å². The second-order valence-corrected chi connectivity index (χ2v) is 5.41. The first-order valence-corrected chi connectivity index (χ1v) is 7.77. The number of hydrogen-bond donors (Lipinski definition) is 1. The largest absolute Gasteiger partial charge is 0.378 e. The van der Waals surface area contributed by atoms with Crippen LogP contribution in [0.4, 0.5) is 5.82 Å². The number of nitrogens with zero attached hydrogens (tertiary/aromatic N) is 2. The summed E-state index contributed by atoms with van der Waals surface area (Å²) in [6, 6.07) is 2.25. The lowest BCUT2D eigenvalue weighted by molar-refractivity contribution is 0.0458. The van der Waals surface area contributed by atoms with Crippen LogP contribution < -0.4 is 10.2 Å². The fraction of sp³-hybridized carbons (Fsp3) is 0.688. The Labute approximate surface area is 122 Å². The highest BCUT2D eigenvalue weighted by molar-refractivity contribution is 5.47. The third kappa shape index (κ3) is 3.93. The quantitative estimate of drug-likeness (QED) is 0.867. The molecule has 1 aromatic heterocycles. The van der Waals surface area contributed by atoms with E-state index < -0.39 is 0 Å². The molecule has 0 atom stereocenters. The number of pyridine rings is 1. The molecule has 1 fully saturated rings. The van der Waals surface area contributed by atoms with Crippen molar-refractivity contribution in [3.05, 3.63) is 23.4 Å². The van der Waals surface area contributed by atoms with Gasteiger partial charge in [0.15, 0.2) is 0 Å². The van der Waals surface area contributed by atoms with E-state index in [1.807, 2.05) is 6.20 Å². The summed E-state index contributed by atoms with van der Waals surface area (Å²) in [7, 11) is 0. The van der Waals surface area contributed by atoms with Gasteiger partial charge in [0.2, 0.25) is 0 Å². The number of aromatic nitrogens is 1. The van der Waals surface area contributed by atoms with Crippen LogP contribution in [0.3, 0.4) is 0 Å². The Hall–Kier alpha value is -1.13. The van der Waals surface area contributed by atoms with Crippen molar-refractivity contribution in [3.8, 4) is 0 Å². The first-order chi connectivity index (χ1) is 9.74. The molecule has 1 aromatic rings. The van der Waals surface area contributed by atoms with Crippen molar-refractivity contribution >= 4 is 5.82 Å². The first-order valence-electron chi connectivity index (χ1n) is 7.77. The van der Waals surface area contributed by atoms with E-state index in [4.69, 9.17) is 4.74 Å². The normalized spacial score (nSPS) is 16.6. The Morgan fingerprint density at radius 1 is 1.35 bits per heavy atom. The number of nitrogens with one attached hydrogen (secondary N) is 1. The highest BCUT2D eigenvalue weighted by Gasteiger charge is 2.21. The maximum absolute atomic E-state index is 5.71. The molecule has 4 heteroatoms. The zero-order valence-corrected chi connectivity index (χ0v) is 13.0. The summed E-state index contributed by atoms with van der Waals surface area (Å²) in [4.78, 5) is 7.06. The molecule has 112 valence electrons. The van der Waals surface area contributed by atoms with Gasteiger partial charge in [0.1, 0.15) is 5.82 Å². The van der Waals surface area contributed by atoms with Crippen molar-refractivity contribution in [2.24, 2.45) is 0 Å². The Kier molecular flexibility index (Phi) is 5.80. The lowest BCUT2D eigenvalue weighted by Gasteiger charge is -2.33. The first kappa shape index (κ1) is 15.3. The molecule has 0 unspecified atom stereocenters. The standard InChI is InChI=1S/C16H27N3O/c1-4-17-11-14-10-13(3)16(18-12-14)19-8-6-15(7-9-19)20-5-2/h10,12,15,17H,4-9,11H2,1-3H3. The van der Waals surface area contributed by atoms with Gasteiger partial charge in [-0.05, 0) is 50.4 Å². The molecule has 1 aliphatic rings. The minimum Gasteiger partial charge on any atom is -0.378 e. The van der Waals surface area contributed by atoms with E-state index in [1.165, 1.54) is 11.1 Å². The Balaban J connectivity index is 1.96. The summed E-state index contributed by atoms with van der Waals surface area (Å²) in [5.41, 5.74) is 2.53. The number of rotatable bonds is 6. The molecule has 0 radical (unpaired) electrons. The summed E-state index contributed by atoms with van der Waals surface area (Å²) in [6.07, 6.45) is 4.64. The van der Waals surface area contributed by atoms with E-state index in [9.17, 15) is 0 Å². The Bertz CT molecular complexity index is 414. The van der Waals surface area contributed by atoms with Crippen LogP contribution in [0.2, 0.25) is 0 Å². The van der Waals surface area contributed by atoms with E-state index in [0.717, 1.165) is 51.4 Å². The fourth-order valence-corrected chi connectivity index (χ4v) is 2.79. The second-order valence-electron chi connectivity index (χ2n) is 5.41. The predicted octanol–water partition coefficient (Wildman–Crippen LogP) is 2.50. The molecule has 0 saturated carbocycles. The van der Waals surface area contributed by atoms with Gasteiger partial charge >= 0.3 is 0 Å². The van der Waals surface area contributed by atoms with E-state index in [0.29, 0.717) is 6.10 Å². The molecule has 0 aliphatic carbocycles. The van der Waals surface area contributed by atoms with Crippen molar-refractivity contribution in [1.29, 1.82) is 0 Å². The Morgan fingerprint density at radius 2 is 2.10 bits per heavy atom. The molecule has 2 heterocycles. The molecule has 2 rings (SSSR count). The van der Waals surface area contributed by atoms with Gasteiger partial charge in [0.25, 0.3) is 0 Å². The highest BCUT2D eigenvalue weighted by Crippen LogP contribution is 2.23. The molecule has 4 nitrogen and oxygen atoms in total. The minimum atomic E-state index is 0.435. The van der Waals surface area contributed by atoms with Gasteiger partial charge in [-0.15, -0.1) is 0 Å². The summed E-state index contributed by atoms with van der Waals surface area (Å²) in [6.45, 7) is 11.2. The van der Waals surface area contributed by atoms with Crippen molar-refractivity contribution in [1.82, 2.24) is 10.3 Å². The maximum Gasteiger partial charge on any atom is 0.131 e. The molecular weight excluding hydrogens is 250 g/mol. The molecule has 0 bridgehead atoms. The smallest absolute Gasteiger partial charge is 0.131 e. The van der Waals surface area contributed by atoms with E-state index in [-0.39, 0.29) is 0 Å². The summed E-state index contributed by atoms with van der Waals surface area (Å²) in [5, 5.41) is 3.34. The Morgan fingerprint density at radius 3 is 2.70 bits per heavy atom. The van der Waals surface area contributed by atoms with E-state index in [1.54, 1.807) is 0 Å². The average Bonchev–Trinajstić information content (AvgIpc) is 2.47. The van der Waals surface area contributed by atoms with Gasteiger partial charge in [-0.1, -0.05) is 6.92 Å². The molecule has 1 N–H and O–H groups in total.